The maximum Gasteiger partial charge on any atom is 0.410 e. The molecular weight excluding hydrogens is 1950 g/mol. The molecule has 7 N–H and O–H groups in total. The molecular formula is C100H130F4N14O16S7. The Morgan fingerprint density at radius 1 is 0.447 bits per heavy atom. The predicted octanol–water partition coefficient (Wildman–Crippen LogP) is 18.1. The quantitative estimate of drug-likeness (QED) is 0.0329. The Kier molecular flexibility index (Phi) is 36.8. The molecule has 18 rings (SSSR count). The van der Waals surface area contributed by atoms with Crippen molar-refractivity contribution in [2.75, 3.05) is 84.6 Å². The van der Waals surface area contributed by atoms with Crippen molar-refractivity contribution in [1.29, 1.82) is 0 Å². The first-order valence-electron chi connectivity index (χ1n) is 45.8. The lowest BCUT2D eigenvalue weighted by Crippen LogP contribution is -2.56. The molecule has 7 atom stereocenters. The van der Waals surface area contributed by atoms with Gasteiger partial charge >= 0.3 is 36.4 Å². The first-order chi connectivity index (χ1) is 63.6. The highest BCUT2D eigenvalue weighted by Crippen LogP contribution is 2.56. The van der Waals surface area contributed by atoms with Gasteiger partial charge in [0, 0.05) is 94.8 Å². The standard InChI is InChI=1S/C49H55F2N7O7.C44H48F2N6O5.C7H13NO4.7H2S/c1-26(2)41(54-46(61)63-5)44(59)57-17-7-9-39(57)38-22-31(23-52-38)29-12-15-33-32-14-11-28(19-35(32)49(50,51)36(33)20-29)30-13-16-34-37(21-30)53-43(56-48(34)24-65-25-48)40-10-8-18-58(40)45(60)42(27(3)4)55-47(62)64-6;1-41(2,3)56-39(53)51-17-7-9-35(51)37-47-22-34(49-37)27-12-15-29-28-14-11-25(19-31(28)44(45,46)32(29)20-27)26-13-16-30-33(21-26)48-38(50-43(30)23-55-24-43)36-10-8-18-52(36)40(54)57-42(4,5)6;1-4(2)5(6(9)10)8-7(11)12-3;;;;;;;/h11-16,19-21,23,26-27,39-42H,7-10,17-18,22,24-25H2,1-6H3,(H,53,56)(H,54,61)(H,55,62);11-16,19-22,35-36H,7-10,17-18,23-24H2,1-6H3,(H,47,49)(H,48,50);4-5H,1-3H3,(H,8,11)(H,9,10);7*1H2/t39-,40-,41-,42-;35-,36-;5-;;;;;;;/m000......./s1. The Labute approximate surface area is 867 Å². The number of carbonyl (C=O) groups is 8. The molecule has 2 spiro atoms. The summed E-state index contributed by atoms with van der Waals surface area (Å²) in [5.74, 6) is -6.58. The monoisotopic (exact) mass is 2080 g/mol. The summed E-state index contributed by atoms with van der Waals surface area (Å²) < 4.78 is 103. The average molecular weight is 2080 g/mol. The van der Waals surface area contributed by atoms with Gasteiger partial charge in [-0.15, -0.1) is 0 Å². The number of aromatic nitrogens is 2. The molecule has 0 bridgehead atoms. The van der Waals surface area contributed by atoms with Crippen LogP contribution in [-0.2, 0) is 70.5 Å². The van der Waals surface area contributed by atoms with Crippen LogP contribution < -0.4 is 26.6 Å². The minimum atomic E-state index is -3.28. The number of aliphatic imine (C=N–C) groups is 3. The van der Waals surface area contributed by atoms with Crippen molar-refractivity contribution in [2.24, 2.45) is 32.7 Å². The number of carboxylic acid groups (broad SMARTS) is 1. The molecule has 10 heterocycles. The van der Waals surface area contributed by atoms with Crippen LogP contribution in [0.25, 0.3) is 61.3 Å². The van der Waals surface area contributed by atoms with Gasteiger partial charge in [0.1, 0.15) is 57.9 Å². The van der Waals surface area contributed by atoms with Crippen LogP contribution in [0.15, 0.2) is 137 Å². The van der Waals surface area contributed by atoms with Crippen LogP contribution in [0.4, 0.5) is 52.9 Å². The number of halogens is 4. The highest BCUT2D eigenvalue weighted by molar-refractivity contribution is 7.60. The van der Waals surface area contributed by atoms with Gasteiger partial charge < -0.3 is 79.6 Å². The van der Waals surface area contributed by atoms with Crippen molar-refractivity contribution in [1.82, 2.24) is 45.5 Å². The minimum Gasteiger partial charge on any atom is -0.480 e. The van der Waals surface area contributed by atoms with Gasteiger partial charge in [0.25, 0.3) is 11.8 Å². The number of hydrogen-bond acceptors (Lipinski definition) is 21. The number of alkyl carbamates (subject to hydrolysis) is 3. The first-order valence-corrected chi connectivity index (χ1v) is 45.8. The normalized spacial score (nSPS) is 19.9. The number of hydrogen-bond donors (Lipinski definition) is 7. The molecule has 6 aromatic carbocycles. The van der Waals surface area contributed by atoms with E-state index in [1.54, 1.807) is 94.4 Å². The number of H-pyrrole nitrogens is 1. The summed E-state index contributed by atoms with van der Waals surface area (Å²) in [6.07, 6.45) is 6.99. The fourth-order valence-corrected chi connectivity index (χ4v) is 19.7. The Balaban J connectivity index is 0.000000271. The zero-order chi connectivity index (χ0) is 95.7. The third-order valence-electron chi connectivity index (χ3n) is 26.7. The number of fused-ring (bicyclic) bond motifs is 10. The van der Waals surface area contributed by atoms with Gasteiger partial charge in [-0.25, -0.2) is 33.8 Å². The largest absolute Gasteiger partial charge is 0.480 e. The van der Waals surface area contributed by atoms with Crippen molar-refractivity contribution >= 4 is 177 Å². The first kappa shape index (κ1) is 114. The maximum atomic E-state index is 16.7. The van der Waals surface area contributed by atoms with Crippen LogP contribution in [0.1, 0.15) is 192 Å². The molecule has 0 radical (unpaired) electrons. The minimum absolute atomic E-state index is 0. The second kappa shape index (κ2) is 45.3. The molecule has 1 aromatic heterocycles. The van der Waals surface area contributed by atoms with Gasteiger partial charge in [0.2, 0.25) is 11.8 Å². The molecule has 141 heavy (non-hydrogen) atoms. The average Bonchev–Trinajstić information content (AvgIpc) is 1.60. The van der Waals surface area contributed by atoms with Crippen molar-refractivity contribution in [3.8, 4) is 55.8 Å². The van der Waals surface area contributed by atoms with Gasteiger partial charge in [-0.2, -0.15) is 112 Å². The number of alkyl halides is 4. The lowest BCUT2D eigenvalue weighted by molar-refractivity contribution is -0.140. The van der Waals surface area contributed by atoms with E-state index in [0.717, 1.165) is 89.9 Å². The lowest BCUT2D eigenvalue weighted by Gasteiger charge is -2.44. The van der Waals surface area contributed by atoms with Crippen molar-refractivity contribution in [3.63, 3.8) is 0 Å². The number of methoxy groups -OCH3 is 3. The summed E-state index contributed by atoms with van der Waals surface area (Å²) in [4.78, 5) is 129. The van der Waals surface area contributed by atoms with E-state index in [0.29, 0.717) is 133 Å². The number of carboxylic acids is 1. The van der Waals surface area contributed by atoms with E-state index in [1.807, 2.05) is 130 Å². The van der Waals surface area contributed by atoms with E-state index in [-0.39, 0.29) is 177 Å². The molecule has 2 aliphatic carbocycles. The number of allylic oxidation sites excluding steroid dienone is 1. The van der Waals surface area contributed by atoms with E-state index >= 15 is 17.6 Å². The molecule has 766 valence electrons. The molecule has 9 aliphatic heterocycles. The topological polar surface area (TPSA) is 360 Å². The number of rotatable bonds is 17. The highest BCUT2D eigenvalue weighted by atomic mass is 32.1. The summed E-state index contributed by atoms with van der Waals surface area (Å²) >= 11 is 0. The van der Waals surface area contributed by atoms with Gasteiger partial charge in [-0.3, -0.25) is 34.4 Å². The second-order valence-corrected chi connectivity index (χ2v) is 39.1. The maximum absolute atomic E-state index is 16.7. The third kappa shape index (κ3) is 22.9. The number of nitrogens with one attached hydrogen (secondary N) is 6. The zero-order valence-electron chi connectivity index (χ0n) is 81.5. The molecule has 41 heteroatoms. The Morgan fingerprint density at radius 3 is 1.18 bits per heavy atom. The number of anilines is 2. The Bertz CT molecular complexity index is 5980. The molecule has 11 aliphatic rings. The number of amidine groups is 2. The van der Waals surface area contributed by atoms with E-state index in [1.165, 1.54) is 21.3 Å². The SMILES string of the molecule is CC(C)(C)OC(=O)N1CCC[C@H]1C1=NC2(COC2)c2ccc(-c3ccc4c(c3)C(F)(F)c3cc(-c5cnc([C@@H]6CCCN6C(=O)OC(C)(C)C)[nH]5)ccc3-4)cc2N1.COC(=O)N[C@H](C(=O)N1CCC[C@H]1C1=NC=C(c2ccc3c(c2)C(F)(F)c2cc(-c4ccc5c(c4)NC([C@@H]4CCCN4C(=O)[C@@H](NC(=O)OC)C(C)C)=NC54COC4)ccc2-3)C1)C(C)C.COC(=O)N[C@H](C(=O)O)C(C)C.S.S.S.S.S.S.S. The highest BCUT2D eigenvalue weighted by Gasteiger charge is 2.53. The van der Waals surface area contributed by atoms with Crippen LogP contribution in [0.2, 0.25) is 0 Å². The fourth-order valence-electron chi connectivity index (χ4n) is 19.7. The van der Waals surface area contributed by atoms with Crippen LogP contribution in [0.3, 0.4) is 0 Å². The second-order valence-electron chi connectivity index (χ2n) is 39.1. The van der Waals surface area contributed by atoms with Crippen LogP contribution in [0.5, 0.6) is 0 Å². The summed E-state index contributed by atoms with van der Waals surface area (Å²) in [6, 6.07) is 29.0. The smallest absolute Gasteiger partial charge is 0.410 e. The predicted molar refractivity (Wildman–Crippen MR) is 568 cm³/mol. The third-order valence-corrected chi connectivity index (χ3v) is 26.7. The van der Waals surface area contributed by atoms with Crippen molar-refractivity contribution < 1.29 is 94.2 Å². The number of ether oxygens (including phenoxy) is 7. The van der Waals surface area contributed by atoms with Gasteiger partial charge in [0.15, 0.2) is 0 Å². The van der Waals surface area contributed by atoms with Crippen LogP contribution >= 0.6 is 94.5 Å². The van der Waals surface area contributed by atoms with E-state index < -0.39 is 82.6 Å². The van der Waals surface area contributed by atoms with Gasteiger partial charge in [-0.05, 0) is 203 Å². The van der Waals surface area contributed by atoms with Gasteiger partial charge in [-0.1, -0.05) is 114 Å². The number of aliphatic carboxylic acids is 1. The molecule has 30 nitrogen and oxygen atoms in total. The number of aromatic amines is 1. The summed E-state index contributed by atoms with van der Waals surface area (Å²) in [5.41, 5.74) is 8.94. The molecule has 6 saturated heterocycles. The summed E-state index contributed by atoms with van der Waals surface area (Å²) in [7, 11) is 3.72. The number of nitrogens with zero attached hydrogens (tertiary/aromatic N) is 8. The molecule has 7 aromatic rings. The lowest BCUT2D eigenvalue weighted by atomic mass is 9.84. The Hall–Kier alpha value is -10.3. The number of amides is 7. The van der Waals surface area contributed by atoms with E-state index in [2.05, 4.69) is 41.3 Å². The number of imidazole rings is 1. The van der Waals surface area contributed by atoms with E-state index in [9.17, 15) is 38.4 Å². The number of likely N-dealkylation sites (tertiary alicyclic amines) is 4. The summed E-state index contributed by atoms with van der Waals surface area (Å²) in [6.45, 7) is 25.7. The van der Waals surface area contributed by atoms with Crippen molar-refractivity contribution in [3.05, 3.63) is 166 Å². The Morgan fingerprint density at radius 2 is 0.787 bits per heavy atom. The summed E-state index contributed by atoms with van der Waals surface area (Å²) in [5, 5.41) is 23.2. The molecule has 0 saturated carbocycles. The van der Waals surface area contributed by atoms with Crippen LogP contribution in [-0.4, -0.2) is 222 Å². The molecule has 0 unspecified atom stereocenters. The van der Waals surface area contributed by atoms with Crippen LogP contribution in [0, 0.1) is 17.8 Å². The van der Waals surface area contributed by atoms with Gasteiger partial charge in [0.05, 0.1) is 83.8 Å². The zero-order valence-corrected chi connectivity index (χ0v) is 88.5. The molecule has 7 amide bonds. The fraction of sp³-hybridized carbons (Fsp3) is 0.480. The van der Waals surface area contributed by atoms with E-state index in [4.69, 9.17) is 48.5 Å². The molecule has 6 fully saturated rings. The number of benzene rings is 6. The van der Waals surface area contributed by atoms with Crippen molar-refractivity contribution in [2.45, 2.75) is 217 Å². The number of carbonyl (C=O) groups excluding carboxylic acids is 7.